The van der Waals surface area contributed by atoms with E-state index < -0.39 is 11.9 Å². The molecule has 0 spiro atoms. The number of hydrogen-bond donors (Lipinski definition) is 1. The van der Waals surface area contributed by atoms with E-state index in [2.05, 4.69) is 0 Å². The molecule has 2 rings (SSSR count). The van der Waals surface area contributed by atoms with E-state index in [4.69, 9.17) is 0 Å². The third-order valence-electron chi connectivity index (χ3n) is 3.66. The minimum Gasteiger partial charge on any atom is -0.391 e. The Morgan fingerprint density at radius 1 is 1.50 bits per heavy atom. The van der Waals surface area contributed by atoms with Gasteiger partial charge in [0.15, 0.2) is 0 Å². The zero-order valence-electron chi connectivity index (χ0n) is 12.1. The van der Waals surface area contributed by atoms with Gasteiger partial charge in [-0.05, 0) is 45.1 Å². The number of aliphatic hydroxyl groups excluding tert-OH is 1. The van der Waals surface area contributed by atoms with E-state index in [1.165, 1.54) is 12.1 Å². The van der Waals surface area contributed by atoms with Crippen LogP contribution in [0, 0.1) is 12.7 Å². The van der Waals surface area contributed by atoms with Gasteiger partial charge in [0.05, 0.1) is 6.10 Å². The van der Waals surface area contributed by atoms with Crippen LogP contribution in [-0.2, 0) is 0 Å². The predicted molar refractivity (Wildman–Crippen MR) is 75.1 cm³/mol. The van der Waals surface area contributed by atoms with Crippen LogP contribution < -0.4 is 0 Å². The molecule has 0 saturated carbocycles. The molecule has 5 heteroatoms. The minimum absolute atomic E-state index is 0.0323. The van der Waals surface area contributed by atoms with Crippen LogP contribution in [0.15, 0.2) is 18.2 Å². The van der Waals surface area contributed by atoms with Crippen molar-refractivity contribution in [3.05, 3.63) is 35.1 Å². The summed E-state index contributed by atoms with van der Waals surface area (Å²) < 4.78 is 13.4. The van der Waals surface area contributed by atoms with Crippen LogP contribution in [0.5, 0.6) is 0 Å². The summed E-state index contributed by atoms with van der Waals surface area (Å²) in [6.07, 6.45) is 0.0657. The Balaban J connectivity index is 2.24. The number of amides is 1. The van der Waals surface area contributed by atoms with Crippen molar-refractivity contribution in [2.75, 3.05) is 27.2 Å². The van der Waals surface area contributed by atoms with Crippen molar-refractivity contribution < 1.29 is 14.3 Å². The van der Waals surface area contributed by atoms with Crippen molar-refractivity contribution in [2.24, 2.45) is 0 Å². The SMILES string of the molecule is Cc1ccc(F)cc1C(=O)N1CC(O)CC1CN(C)C. The van der Waals surface area contributed by atoms with Crippen LogP contribution >= 0.6 is 0 Å². The molecule has 4 nitrogen and oxygen atoms in total. The highest BCUT2D eigenvalue weighted by Crippen LogP contribution is 2.23. The summed E-state index contributed by atoms with van der Waals surface area (Å²) in [6.45, 7) is 2.80. The summed E-state index contributed by atoms with van der Waals surface area (Å²) in [5.74, 6) is -0.617. The average Bonchev–Trinajstić information content (AvgIpc) is 2.71. The van der Waals surface area contributed by atoms with Crippen LogP contribution in [0.25, 0.3) is 0 Å². The molecule has 1 saturated heterocycles. The highest BCUT2D eigenvalue weighted by Gasteiger charge is 2.35. The Morgan fingerprint density at radius 3 is 2.85 bits per heavy atom. The van der Waals surface area contributed by atoms with Crippen LogP contribution in [0.1, 0.15) is 22.3 Å². The van der Waals surface area contributed by atoms with E-state index in [-0.39, 0.29) is 11.9 Å². The van der Waals surface area contributed by atoms with Gasteiger partial charge in [-0.3, -0.25) is 4.79 Å². The van der Waals surface area contributed by atoms with Gasteiger partial charge in [-0.2, -0.15) is 0 Å². The number of carbonyl (C=O) groups is 1. The van der Waals surface area contributed by atoms with Gasteiger partial charge in [0, 0.05) is 24.7 Å². The summed E-state index contributed by atoms with van der Waals surface area (Å²) in [5, 5.41) is 9.82. The van der Waals surface area contributed by atoms with E-state index in [0.29, 0.717) is 25.1 Å². The third kappa shape index (κ3) is 3.16. The molecule has 1 aromatic carbocycles. The summed E-state index contributed by atoms with van der Waals surface area (Å²) in [5.41, 5.74) is 1.13. The summed E-state index contributed by atoms with van der Waals surface area (Å²) in [4.78, 5) is 16.2. The zero-order valence-corrected chi connectivity index (χ0v) is 12.1. The van der Waals surface area contributed by atoms with Gasteiger partial charge in [-0.25, -0.2) is 4.39 Å². The fourth-order valence-corrected chi connectivity index (χ4v) is 2.71. The van der Waals surface area contributed by atoms with E-state index in [0.717, 1.165) is 5.56 Å². The molecule has 20 heavy (non-hydrogen) atoms. The van der Waals surface area contributed by atoms with Gasteiger partial charge < -0.3 is 14.9 Å². The smallest absolute Gasteiger partial charge is 0.254 e. The molecule has 2 unspecified atom stereocenters. The lowest BCUT2D eigenvalue weighted by Gasteiger charge is -2.27. The molecular weight excluding hydrogens is 259 g/mol. The van der Waals surface area contributed by atoms with Crippen molar-refractivity contribution in [3.63, 3.8) is 0 Å². The van der Waals surface area contributed by atoms with E-state index in [9.17, 15) is 14.3 Å². The summed E-state index contributed by atoms with van der Waals surface area (Å²) in [7, 11) is 3.86. The van der Waals surface area contributed by atoms with Crippen molar-refractivity contribution in [2.45, 2.75) is 25.5 Å². The molecular formula is C15H21FN2O2. The quantitative estimate of drug-likeness (QED) is 0.907. The largest absolute Gasteiger partial charge is 0.391 e. The number of aliphatic hydroxyl groups is 1. The van der Waals surface area contributed by atoms with Gasteiger partial charge in [0.2, 0.25) is 0 Å². The number of aryl methyl sites for hydroxylation is 1. The van der Waals surface area contributed by atoms with Crippen LogP contribution in [-0.4, -0.2) is 60.1 Å². The fraction of sp³-hybridized carbons (Fsp3) is 0.533. The Kier molecular flexibility index (Phi) is 4.40. The van der Waals surface area contributed by atoms with Crippen molar-refractivity contribution in [1.29, 1.82) is 0 Å². The normalized spacial score (nSPS) is 22.6. The predicted octanol–water partition coefficient (Wildman–Crippen LogP) is 1.27. The maximum Gasteiger partial charge on any atom is 0.254 e. The minimum atomic E-state index is -0.502. The van der Waals surface area contributed by atoms with E-state index in [1.807, 2.05) is 19.0 Å². The van der Waals surface area contributed by atoms with Crippen LogP contribution in [0.3, 0.4) is 0 Å². The average molecular weight is 280 g/mol. The Labute approximate surface area is 118 Å². The topological polar surface area (TPSA) is 43.8 Å². The monoisotopic (exact) mass is 280 g/mol. The number of carbonyl (C=O) groups excluding carboxylic acids is 1. The number of β-amino-alcohol motifs (C(OH)–C–C–N with tert-alkyl or cyclic N) is 1. The molecule has 1 aromatic rings. The Bertz CT molecular complexity index is 505. The molecule has 0 aliphatic carbocycles. The first kappa shape index (κ1) is 14.9. The number of likely N-dealkylation sites (N-methyl/N-ethyl adjacent to an activating group) is 1. The second kappa shape index (κ2) is 5.89. The highest BCUT2D eigenvalue weighted by atomic mass is 19.1. The maximum absolute atomic E-state index is 13.4. The molecule has 1 amide bonds. The van der Waals surface area contributed by atoms with Gasteiger partial charge in [-0.15, -0.1) is 0 Å². The lowest BCUT2D eigenvalue weighted by Crippen LogP contribution is -2.41. The first-order chi connectivity index (χ1) is 9.38. The molecule has 2 atom stereocenters. The summed E-state index contributed by atoms with van der Waals surface area (Å²) in [6, 6.07) is 4.20. The number of benzene rings is 1. The second-order valence-electron chi connectivity index (χ2n) is 5.72. The summed E-state index contributed by atoms with van der Waals surface area (Å²) >= 11 is 0. The van der Waals surface area contributed by atoms with Gasteiger partial charge >= 0.3 is 0 Å². The molecule has 1 fully saturated rings. The maximum atomic E-state index is 13.4. The lowest BCUT2D eigenvalue weighted by atomic mass is 10.1. The first-order valence-electron chi connectivity index (χ1n) is 6.78. The molecule has 0 bridgehead atoms. The van der Waals surface area contributed by atoms with Crippen molar-refractivity contribution >= 4 is 5.91 Å². The van der Waals surface area contributed by atoms with Gasteiger partial charge in [0.25, 0.3) is 5.91 Å². The van der Waals surface area contributed by atoms with Crippen molar-refractivity contribution in [1.82, 2.24) is 9.80 Å². The van der Waals surface area contributed by atoms with Crippen molar-refractivity contribution in [3.8, 4) is 0 Å². The molecule has 0 radical (unpaired) electrons. The molecule has 110 valence electrons. The number of nitrogens with zero attached hydrogens (tertiary/aromatic N) is 2. The third-order valence-corrected chi connectivity index (χ3v) is 3.66. The number of likely N-dealkylation sites (tertiary alicyclic amines) is 1. The molecule has 0 aromatic heterocycles. The van der Waals surface area contributed by atoms with Crippen LogP contribution in [0.2, 0.25) is 0 Å². The molecule has 1 heterocycles. The first-order valence-corrected chi connectivity index (χ1v) is 6.78. The van der Waals surface area contributed by atoms with Gasteiger partial charge in [0.1, 0.15) is 5.82 Å². The second-order valence-corrected chi connectivity index (χ2v) is 5.72. The zero-order chi connectivity index (χ0) is 14.9. The number of rotatable bonds is 3. The number of halogens is 1. The molecule has 1 N–H and O–H groups in total. The van der Waals surface area contributed by atoms with Gasteiger partial charge in [-0.1, -0.05) is 6.07 Å². The van der Waals surface area contributed by atoms with E-state index in [1.54, 1.807) is 17.9 Å². The van der Waals surface area contributed by atoms with E-state index >= 15 is 0 Å². The number of hydrogen-bond acceptors (Lipinski definition) is 3. The Morgan fingerprint density at radius 2 is 2.20 bits per heavy atom. The molecule has 1 aliphatic heterocycles. The lowest BCUT2D eigenvalue weighted by molar-refractivity contribution is 0.0698. The fourth-order valence-electron chi connectivity index (χ4n) is 2.71. The highest BCUT2D eigenvalue weighted by molar-refractivity contribution is 5.96. The van der Waals surface area contributed by atoms with Crippen LogP contribution in [0.4, 0.5) is 4.39 Å². The standard InChI is InChI=1S/C15H21FN2O2/c1-10-4-5-11(16)6-14(10)15(20)18-9-13(19)7-12(18)8-17(2)3/h4-6,12-13,19H,7-9H2,1-3H3. The Hall–Kier alpha value is -1.46. The molecule has 1 aliphatic rings.